The standard InChI is InChI=1S/C22H21F3N2O.ClH/c23-22(24,25)28-20-9-5-4-8-17(20)16-11-12-18-19(14-16)27-21(26-18)13-10-15-6-2-1-3-7-15;/h4-5,8-15H,1-3,6-7H2,(H,26,27);1H/b13-10+;. The summed E-state index contributed by atoms with van der Waals surface area (Å²) in [7, 11) is 0. The van der Waals surface area contributed by atoms with Gasteiger partial charge in [-0.15, -0.1) is 25.6 Å². The van der Waals surface area contributed by atoms with Crippen molar-refractivity contribution < 1.29 is 17.9 Å². The SMILES string of the molecule is Cl.FC(F)(F)Oc1ccccc1-c1ccc2[nH]c(/C=C/C3CCCCC3)nc2c1. The number of halogens is 4. The number of nitrogens with zero attached hydrogens (tertiary/aromatic N) is 1. The first-order valence-electron chi connectivity index (χ1n) is 9.51. The summed E-state index contributed by atoms with van der Waals surface area (Å²) in [5, 5.41) is 0. The summed E-state index contributed by atoms with van der Waals surface area (Å²) in [6, 6.07) is 11.5. The van der Waals surface area contributed by atoms with Crippen molar-refractivity contribution in [2.24, 2.45) is 5.92 Å². The van der Waals surface area contributed by atoms with E-state index in [1.165, 1.54) is 44.2 Å². The third-order valence-electron chi connectivity index (χ3n) is 5.10. The first-order valence-corrected chi connectivity index (χ1v) is 9.51. The first kappa shape index (κ1) is 21.2. The number of fused-ring (bicyclic) bond motifs is 1. The van der Waals surface area contributed by atoms with Crippen molar-refractivity contribution in [1.82, 2.24) is 9.97 Å². The normalized spacial score (nSPS) is 15.6. The molecular formula is C22H22ClF3N2O. The van der Waals surface area contributed by atoms with E-state index < -0.39 is 6.36 Å². The maximum absolute atomic E-state index is 12.7. The molecule has 0 bridgehead atoms. The summed E-state index contributed by atoms with van der Waals surface area (Å²) >= 11 is 0. The third-order valence-corrected chi connectivity index (χ3v) is 5.10. The fourth-order valence-electron chi connectivity index (χ4n) is 3.74. The summed E-state index contributed by atoms with van der Waals surface area (Å²) in [6.45, 7) is 0. The Balaban J connectivity index is 0.00000240. The zero-order valence-corrected chi connectivity index (χ0v) is 16.5. The average Bonchev–Trinajstić information content (AvgIpc) is 3.08. The van der Waals surface area contributed by atoms with Crippen LogP contribution in [-0.4, -0.2) is 16.3 Å². The van der Waals surface area contributed by atoms with Crippen LogP contribution in [0.4, 0.5) is 13.2 Å². The summed E-state index contributed by atoms with van der Waals surface area (Å²) in [5.41, 5.74) is 2.56. The lowest BCUT2D eigenvalue weighted by atomic mass is 9.89. The van der Waals surface area contributed by atoms with Gasteiger partial charge in [0.05, 0.1) is 11.0 Å². The van der Waals surface area contributed by atoms with Gasteiger partial charge in [-0.05, 0) is 48.6 Å². The van der Waals surface area contributed by atoms with Gasteiger partial charge in [0.25, 0.3) is 0 Å². The van der Waals surface area contributed by atoms with E-state index in [1.807, 2.05) is 12.1 Å². The minimum Gasteiger partial charge on any atom is -0.405 e. The Morgan fingerprint density at radius 1 is 1.03 bits per heavy atom. The van der Waals surface area contributed by atoms with E-state index >= 15 is 0 Å². The quantitative estimate of drug-likeness (QED) is 0.485. The summed E-state index contributed by atoms with van der Waals surface area (Å²) in [4.78, 5) is 7.84. The van der Waals surface area contributed by atoms with Gasteiger partial charge in [-0.1, -0.05) is 49.6 Å². The van der Waals surface area contributed by atoms with Gasteiger partial charge in [0.15, 0.2) is 0 Å². The molecule has 1 heterocycles. The largest absolute Gasteiger partial charge is 0.573 e. The molecule has 3 aromatic rings. The molecule has 2 aromatic carbocycles. The number of aromatic amines is 1. The molecule has 4 rings (SSSR count). The monoisotopic (exact) mass is 422 g/mol. The lowest BCUT2D eigenvalue weighted by molar-refractivity contribution is -0.274. The van der Waals surface area contributed by atoms with Gasteiger partial charge in [-0.3, -0.25) is 0 Å². The molecule has 1 aromatic heterocycles. The molecule has 0 atom stereocenters. The fraction of sp³-hybridized carbons (Fsp3) is 0.318. The number of allylic oxidation sites excluding steroid dienone is 1. The van der Waals surface area contributed by atoms with Crippen LogP contribution < -0.4 is 4.74 Å². The van der Waals surface area contributed by atoms with E-state index in [9.17, 15) is 13.2 Å². The van der Waals surface area contributed by atoms with Crippen LogP contribution in [0.5, 0.6) is 5.75 Å². The van der Waals surface area contributed by atoms with Crippen LogP contribution in [0.3, 0.4) is 0 Å². The van der Waals surface area contributed by atoms with E-state index in [0.717, 1.165) is 11.3 Å². The number of benzene rings is 2. The minimum absolute atomic E-state index is 0. The molecule has 1 aliphatic carbocycles. The molecule has 154 valence electrons. The van der Waals surface area contributed by atoms with E-state index in [4.69, 9.17) is 0 Å². The number of ether oxygens (including phenoxy) is 1. The number of hydrogen-bond acceptors (Lipinski definition) is 2. The molecular weight excluding hydrogens is 401 g/mol. The van der Waals surface area contributed by atoms with Crippen molar-refractivity contribution in [2.45, 2.75) is 38.5 Å². The molecule has 0 spiro atoms. The number of aromatic nitrogens is 2. The molecule has 1 N–H and O–H groups in total. The van der Waals surface area contributed by atoms with Crippen LogP contribution >= 0.6 is 12.4 Å². The molecule has 1 fully saturated rings. The molecule has 29 heavy (non-hydrogen) atoms. The minimum atomic E-state index is -4.73. The highest BCUT2D eigenvalue weighted by Crippen LogP contribution is 2.34. The Labute approximate surface area is 173 Å². The molecule has 0 unspecified atom stereocenters. The molecule has 0 amide bonds. The second-order valence-electron chi connectivity index (χ2n) is 7.16. The van der Waals surface area contributed by atoms with Crippen LogP contribution in [0.2, 0.25) is 0 Å². The Morgan fingerprint density at radius 2 is 1.79 bits per heavy atom. The van der Waals surface area contributed by atoms with Gasteiger partial charge in [-0.2, -0.15) is 0 Å². The van der Waals surface area contributed by atoms with Crippen molar-refractivity contribution in [1.29, 1.82) is 0 Å². The highest BCUT2D eigenvalue weighted by atomic mass is 35.5. The zero-order valence-electron chi connectivity index (χ0n) is 15.7. The molecule has 0 saturated heterocycles. The van der Waals surface area contributed by atoms with Crippen molar-refractivity contribution in [3.63, 3.8) is 0 Å². The van der Waals surface area contributed by atoms with Crippen molar-refractivity contribution >= 4 is 29.5 Å². The molecule has 1 saturated carbocycles. The highest BCUT2D eigenvalue weighted by molar-refractivity contribution is 5.85. The lowest BCUT2D eigenvalue weighted by Gasteiger charge is -2.17. The van der Waals surface area contributed by atoms with E-state index in [-0.39, 0.29) is 18.2 Å². The van der Waals surface area contributed by atoms with Crippen LogP contribution in [0.1, 0.15) is 37.9 Å². The number of imidazole rings is 1. The van der Waals surface area contributed by atoms with E-state index in [1.54, 1.807) is 24.3 Å². The molecule has 7 heteroatoms. The maximum Gasteiger partial charge on any atom is 0.573 e. The zero-order chi connectivity index (χ0) is 19.6. The number of H-pyrrole nitrogens is 1. The predicted molar refractivity (Wildman–Crippen MR) is 111 cm³/mol. The van der Waals surface area contributed by atoms with Gasteiger partial charge < -0.3 is 9.72 Å². The van der Waals surface area contributed by atoms with Gasteiger partial charge >= 0.3 is 6.36 Å². The summed E-state index contributed by atoms with van der Waals surface area (Å²) in [5.74, 6) is 1.14. The van der Waals surface area contributed by atoms with Gasteiger partial charge in [0.1, 0.15) is 11.6 Å². The highest BCUT2D eigenvalue weighted by Gasteiger charge is 2.32. The smallest absolute Gasteiger partial charge is 0.405 e. The van der Waals surface area contributed by atoms with Crippen molar-refractivity contribution in [2.75, 3.05) is 0 Å². The number of hydrogen-bond donors (Lipinski definition) is 1. The van der Waals surface area contributed by atoms with Crippen LogP contribution in [0.25, 0.3) is 28.2 Å². The van der Waals surface area contributed by atoms with Gasteiger partial charge in [0, 0.05) is 5.56 Å². The number of nitrogens with one attached hydrogen (secondary N) is 1. The van der Waals surface area contributed by atoms with E-state index in [0.29, 0.717) is 22.6 Å². The van der Waals surface area contributed by atoms with Crippen LogP contribution in [-0.2, 0) is 0 Å². The Morgan fingerprint density at radius 3 is 2.55 bits per heavy atom. The predicted octanol–water partition coefficient (Wildman–Crippen LogP) is 7.14. The maximum atomic E-state index is 12.7. The third kappa shape index (κ3) is 5.32. The Hall–Kier alpha value is -2.47. The summed E-state index contributed by atoms with van der Waals surface area (Å²) in [6.07, 6.45) is 5.80. The fourth-order valence-corrected chi connectivity index (χ4v) is 3.74. The molecule has 0 radical (unpaired) electrons. The number of rotatable bonds is 4. The number of para-hydroxylation sites is 1. The van der Waals surface area contributed by atoms with Crippen molar-refractivity contribution in [3.05, 3.63) is 54.4 Å². The topological polar surface area (TPSA) is 37.9 Å². The van der Waals surface area contributed by atoms with Crippen molar-refractivity contribution in [3.8, 4) is 16.9 Å². The number of alkyl halides is 3. The van der Waals surface area contributed by atoms with Gasteiger partial charge in [-0.25, -0.2) is 4.98 Å². The van der Waals surface area contributed by atoms with E-state index in [2.05, 4.69) is 20.8 Å². The second kappa shape index (κ2) is 8.91. The molecule has 0 aliphatic heterocycles. The Kier molecular flexibility index (Phi) is 6.52. The molecule has 1 aliphatic rings. The van der Waals surface area contributed by atoms with Gasteiger partial charge in [0.2, 0.25) is 0 Å². The Bertz CT molecular complexity index is 991. The molecule has 3 nitrogen and oxygen atoms in total. The summed E-state index contributed by atoms with van der Waals surface area (Å²) < 4.78 is 42.2. The van der Waals surface area contributed by atoms with Crippen LogP contribution in [0.15, 0.2) is 48.5 Å². The first-order chi connectivity index (χ1) is 13.5. The lowest BCUT2D eigenvalue weighted by Crippen LogP contribution is -2.17. The average molecular weight is 423 g/mol. The van der Waals surface area contributed by atoms with Crippen LogP contribution in [0, 0.1) is 5.92 Å². The second-order valence-corrected chi connectivity index (χ2v) is 7.16.